The van der Waals surface area contributed by atoms with Crippen molar-refractivity contribution in [2.45, 2.75) is 30.8 Å². The number of allylic oxidation sites excluding steroid dienone is 2. The normalized spacial score (nSPS) is 19.0. The first-order chi connectivity index (χ1) is 14.1. The smallest absolute Gasteiger partial charge is 0.384 e. The third kappa shape index (κ3) is 4.80. The van der Waals surface area contributed by atoms with Gasteiger partial charge in [0.05, 0.1) is 5.88 Å². The molecule has 1 unspecified atom stereocenters. The summed E-state index contributed by atoms with van der Waals surface area (Å²) in [5, 5.41) is 5.08. The molecule has 1 aliphatic heterocycles. The van der Waals surface area contributed by atoms with E-state index in [1.165, 1.54) is 18.2 Å². The molecular formula is C22H19Cl3F3NS. The van der Waals surface area contributed by atoms with Crippen LogP contribution in [0, 0.1) is 6.92 Å². The molecule has 160 valence electrons. The predicted molar refractivity (Wildman–Crippen MR) is 122 cm³/mol. The number of aryl methyl sites for hydroxylation is 1. The maximum Gasteiger partial charge on any atom is 0.407 e. The van der Waals surface area contributed by atoms with Gasteiger partial charge in [-0.1, -0.05) is 48.0 Å². The van der Waals surface area contributed by atoms with Crippen LogP contribution in [0.15, 0.2) is 54.1 Å². The summed E-state index contributed by atoms with van der Waals surface area (Å²) in [6.07, 6.45) is -4.68. The van der Waals surface area contributed by atoms with Gasteiger partial charge in [-0.05, 0) is 58.4 Å². The zero-order valence-corrected chi connectivity index (χ0v) is 19.1. The van der Waals surface area contributed by atoms with Crippen molar-refractivity contribution in [1.82, 2.24) is 5.32 Å². The highest BCUT2D eigenvalue weighted by Gasteiger charge is 2.58. The van der Waals surface area contributed by atoms with Crippen LogP contribution in [0.4, 0.5) is 13.2 Å². The van der Waals surface area contributed by atoms with E-state index in [1.807, 2.05) is 25.1 Å². The lowest BCUT2D eigenvalue weighted by Crippen LogP contribution is -2.37. The first kappa shape index (κ1) is 23.4. The van der Waals surface area contributed by atoms with Crippen molar-refractivity contribution in [3.05, 3.63) is 86.4 Å². The molecule has 1 nitrogen and oxygen atoms in total. The molecule has 0 fully saturated rings. The predicted octanol–water partition coefficient (Wildman–Crippen LogP) is 8.08. The van der Waals surface area contributed by atoms with Gasteiger partial charge < -0.3 is 5.32 Å². The molecule has 0 aliphatic carbocycles. The van der Waals surface area contributed by atoms with Crippen LogP contribution in [0.1, 0.15) is 28.7 Å². The third-order valence-electron chi connectivity index (χ3n) is 5.03. The molecule has 2 aromatic carbocycles. The summed E-state index contributed by atoms with van der Waals surface area (Å²) < 4.78 is 40.6. The van der Waals surface area contributed by atoms with Gasteiger partial charge in [0.15, 0.2) is 0 Å². The molecular weight excluding hydrogens is 474 g/mol. The quantitative estimate of drug-likeness (QED) is 0.409. The van der Waals surface area contributed by atoms with Crippen molar-refractivity contribution in [2.75, 3.05) is 5.88 Å². The molecule has 0 saturated carbocycles. The van der Waals surface area contributed by atoms with Crippen molar-refractivity contribution in [2.24, 2.45) is 0 Å². The van der Waals surface area contributed by atoms with Gasteiger partial charge >= 0.3 is 6.18 Å². The zero-order chi connectivity index (χ0) is 22.1. The SMILES string of the molecule is C=C(CCl)NCc1ccc(C2=CSC(c3cc(Cl)cc(Cl)c3)(C(F)(F)F)C2)cc1C. The molecule has 0 saturated heterocycles. The maximum absolute atomic E-state index is 14.2. The molecule has 0 bridgehead atoms. The van der Waals surface area contributed by atoms with Gasteiger partial charge in [0.2, 0.25) is 0 Å². The van der Waals surface area contributed by atoms with Crippen molar-refractivity contribution in [1.29, 1.82) is 0 Å². The lowest BCUT2D eigenvalue weighted by molar-refractivity contribution is -0.160. The average Bonchev–Trinajstić information content (AvgIpc) is 3.13. The van der Waals surface area contributed by atoms with Crippen LogP contribution in [0.3, 0.4) is 0 Å². The first-order valence-corrected chi connectivity index (χ1v) is 11.2. The van der Waals surface area contributed by atoms with E-state index in [9.17, 15) is 13.2 Å². The standard InChI is InChI=1S/C22H19Cl3F3NS/c1-13-5-15(3-4-16(13)11-29-14(2)10-23)17-9-21(30-12-17,22(26,27)28)18-6-19(24)8-20(25)7-18/h3-8,12,29H,2,9-11H2,1H3. The Hall–Kier alpha value is -1.27. The number of hydrogen-bond donors (Lipinski definition) is 1. The first-order valence-electron chi connectivity index (χ1n) is 9.03. The van der Waals surface area contributed by atoms with Crippen molar-refractivity contribution >= 4 is 52.1 Å². The van der Waals surface area contributed by atoms with Gasteiger partial charge in [-0.3, -0.25) is 0 Å². The molecule has 1 aliphatic rings. The second-order valence-corrected chi connectivity index (χ2v) is 9.46. The van der Waals surface area contributed by atoms with Crippen LogP contribution in [0.5, 0.6) is 0 Å². The fraction of sp³-hybridized carbons (Fsp3) is 0.273. The molecule has 8 heteroatoms. The maximum atomic E-state index is 14.2. The molecule has 0 radical (unpaired) electrons. The lowest BCUT2D eigenvalue weighted by Gasteiger charge is -2.32. The molecule has 30 heavy (non-hydrogen) atoms. The summed E-state index contributed by atoms with van der Waals surface area (Å²) >= 11 is 18.5. The Labute approximate surface area is 193 Å². The van der Waals surface area contributed by atoms with E-state index in [1.54, 1.807) is 5.41 Å². The zero-order valence-electron chi connectivity index (χ0n) is 16.0. The largest absolute Gasteiger partial charge is 0.407 e. The monoisotopic (exact) mass is 491 g/mol. The summed E-state index contributed by atoms with van der Waals surface area (Å²) in [4.78, 5) is 0. The van der Waals surface area contributed by atoms with Gasteiger partial charge in [-0.25, -0.2) is 0 Å². The van der Waals surface area contributed by atoms with Crippen LogP contribution >= 0.6 is 46.6 Å². The highest BCUT2D eigenvalue weighted by Crippen LogP contribution is 2.60. The second kappa shape index (κ2) is 9.07. The van der Waals surface area contributed by atoms with Crippen LogP contribution in [-0.4, -0.2) is 12.1 Å². The van der Waals surface area contributed by atoms with Crippen molar-refractivity contribution in [3.8, 4) is 0 Å². The molecule has 1 heterocycles. The van der Waals surface area contributed by atoms with Gasteiger partial charge in [0.1, 0.15) is 4.75 Å². The Morgan fingerprint density at radius 2 is 1.83 bits per heavy atom. The molecule has 0 amide bonds. The number of thioether (sulfide) groups is 1. The second-order valence-electron chi connectivity index (χ2n) is 7.15. The van der Waals surface area contributed by atoms with E-state index in [4.69, 9.17) is 34.8 Å². The minimum Gasteiger partial charge on any atom is -0.384 e. The fourth-order valence-corrected chi connectivity index (χ4v) is 5.15. The van der Waals surface area contributed by atoms with E-state index in [0.29, 0.717) is 23.7 Å². The van der Waals surface area contributed by atoms with Gasteiger partial charge in [0.25, 0.3) is 0 Å². The van der Waals surface area contributed by atoms with E-state index in [-0.39, 0.29) is 22.0 Å². The Bertz CT molecular complexity index is 983. The summed E-state index contributed by atoms with van der Waals surface area (Å²) in [6, 6.07) is 9.78. The van der Waals surface area contributed by atoms with Gasteiger partial charge in [-0.2, -0.15) is 13.2 Å². The van der Waals surface area contributed by atoms with Crippen LogP contribution in [0.25, 0.3) is 5.57 Å². The van der Waals surface area contributed by atoms with E-state index in [2.05, 4.69) is 11.9 Å². The highest BCUT2D eigenvalue weighted by molar-refractivity contribution is 8.03. The number of hydrogen-bond acceptors (Lipinski definition) is 2. The molecule has 1 atom stereocenters. The van der Waals surface area contributed by atoms with Crippen LogP contribution < -0.4 is 5.32 Å². The topological polar surface area (TPSA) is 12.0 Å². The molecule has 1 N–H and O–H groups in total. The molecule has 0 spiro atoms. The minimum atomic E-state index is -4.48. The Morgan fingerprint density at radius 3 is 2.40 bits per heavy atom. The summed E-state index contributed by atoms with van der Waals surface area (Å²) in [5.74, 6) is 0.314. The van der Waals surface area contributed by atoms with Crippen LogP contribution in [0.2, 0.25) is 10.0 Å². The molecule has 3 rings (SSSR count). The summed E-state index contributed by atoms with van der Waals surface area (Å²) in [6.45, 7) is 6.28. The number of halogens is 6. The fourth-order valence-electron chi connectivity index (χ4n) is 3.34. The molecule has 0 aromatic heterocycles. The van der Waals surface area contributed by atoms with Crippen molar-refractivity contribution in [3.63, 3.8) is 0 Å². The number of benzene rings is 2. The van der Waals surface area contributed by atoms with E-state index < -0.39 is 10.9 Å². The van der Waals surface area contributed by atoms with E-state index in [0.717, 1.165) is 28.5 Å². The van der Waals surface area contributed by atoms with Crippen molar-refractivity contribution < 1.29 is 13.2 Å². The Morgan fingerprint density at radius 1 is 1.17 bits per heavy atom. The third-order valence-corrected chi connectivity index (χ3v) is 7.21. The minimum absolute atomic E-state index is 0.0564. The van der Waals surface area contributed by atoms with E-state index >= 15 is 0 Å². The molecule has 2 aromatic rings. The van der Waals surface area contributed by atoms with Gasteiger partial charge in [0, 0.05) is 28.7 Å². The number of rotatable bonds is 6. The Kier molecular flexibility index (Phi) is 7.08. The average molecular weight is 493 g/mol. The summed E-state index contributed by atoms with van der Waals surface area (Å²) in [7, 11) is 0. The number of alkyl halides is 4. The Balaban J connectivity index is 1.89. The van der Waals surface area contributed by atoms with Crippen LogP contribution in [-0.2, 0) is 11.3 Å². The highest BCUT2D eigenvalue weighted by atomic mass is 35.5. The summed E-state index contributed by atoms with van der Waals surface area (Å²) in [5.41, 5.74) is 4.16. The lowest BCUT2D eigenvalue weighted by atomic mass is 9.88. The van der Waals surface area contributed by atoms with Gasteiger partial charge in [-0.15, -0.1) is 23.4 Å². The number of nitrogens with one attached hydrogen (secondary N) is 1.